The third-order valence-electron chi connectivity index (χ3n) is 5.48. The van der Waals surface area contributed by atoms with Crippen LogP contribution in [-0.4, -0.2) is 40.1 Å². The van der Waals surface area contributed by atoms with Gasteiger partial charge in [-0.3, -0.25) is 4.90 Å². The maximum absolute atomic E-state index is 12.7. The van der Waals surface area contributed by atoms with Crippen molar-refractivity contribution in [3.63, 3.8) is 0 Å². The molecule has 0 amide bonds. The molecule has 4 rings (SSSR count). The molecule has 1 N–H and O–H groups in total. The second-order valence-corrected chi connectivity index (χ2v) is 9.19. The summed E-state index contributed by atoms with van der Waals surface area (Å²) in [5.41, 5.74) is 2.81. The van der Waals surface area contributed by atoms with Gasteiger partial charge in [-0.05, 0) is 65.6 Å². The van der Waals surface area contributed by atoms with E-state index >= 15 is 0 Å². The minimum Gasteiger partial charge on any atom is -0.497 e. The molecule has 0 saturated carbocycles. The van der Waals surface area contributed by atoms with E-state index in [9.17, 15) is 8.42 Å². The van der Waals surface area contributed by atoms with Gasteiger partial charge in [0.2, 0.25) is 10.0 Å². The molecule has 0 atom stereocenters. The first kappa shape index (κ1) is 19.9. The third kappa shape index (κ3) is 4.61. The van der Waals surface area contributed by atoms with Crippen LogP contribution in [0.3, 0.4) is 0 Å². The van der Waals surface area contributed by atoms with Gasteiger partial charge in [0.25, 0.3) is 0 Å². The summed E-state index contributed by atoms with van der Waals surface area (Å²) in [6, 6.07) is 19.3. The number of nitrogens with zero attached hydrogens (tertiary/aromatic N) is 1. The van der Waals surface area contributed by atoms with Crippen LogP contribution < -0.4 is 9.46 Å². The molecule has 0 saturated heterocycles. The quantitative estimate of drug-likeness (QED) is 0.605. The van der Waals surface area contributed by atoms with E-state index in [0.29, 0.717) is 11.4 Å². The average Bonchev–Trinajstić information content (AvgIpc) is 2.76. The van der Waals surface area contributed by atoms with Gasteiger partial charge in [0.05, 0.1) is 12.0 Å². The highest BCUT2D eigenvalue weighted by atomic mass is 32.2. The molecule has 0 aromatic heterocycles. The minimum absolute atomic E-state index is 0.294. The van der Waals surface area contributed by atoms with E-state index in [4.69, 9.17) is 4.74 Å². The van der Waals surface area contributed by atoms with Crippen LogP contribution in [-0.2, 0) is 23.0 Å². The molecule has 0 spiro atoms. The molecular formula is C23H26N2O3S. The summed E-state index contributed by atoms with van der Waals surface area (Å²) in [5.74, 6) is 0.756. The maximum Gasteiger partial charge on any atom is 0.240 e. The molecule has 29 heavy (non-hydrogen) atoms. The van der Waals surface area contributed by atoms with Crippen LogP contribution in [0.25, 0.3) is 10.8 Å². The summed E-state index contributed by atoms with van der Waals surface area (Å²) in [5, 5.41) is 1.83. The fourth-order valence-corrected chi connectivity index (χ4v) is 4.94. The number of hydrogen-bond donors (Lipinski definition) is 1. The Morgan fingerprint density at radius 1 is 1.00 bits per heavy atom. The molecule has 3 aromatic rings. The SMILES string of the molecule is COc1ccc2cc(S(=O)(=O)NCCCN3CCc4ccccc4C3)ccc2c1. The number of ether oxygens (including phenoxy) is 1. The maximum atomic E-state index is 12.7. The first-order chi connectivity index (χ1) is 14.0. The van der Waals surface area contributed by atoms with Crippen molar-refractivity contribution >= 4 is 20.8 Å². The Labute approximate surface area is 172 Å². The van der Waals surface area contributed by atoms with Crippen LogP contribution >= 0.6 is 0 Å². The summed E-state index contributed by atoms with van der Waals surface area (Å²) in [6.07, 6.45) is 1.84. The van der Waals surface area contributed by atoms with Crippen molar-refractivity contribution in [1.29, 1.82) is 0 Å². The fourth-order valence-electron chi connectivity index (χ4n) is 3.83. The summed E-state index contributed by atoms with van der Waals surface area (Å²) in [4.78, 5) is 2.68. The lowest BCUT2D eigenvalue weighted by Crippen LogP contribution is -2.33. The number of rotatable bonds is 7. The van der Waals surface area contributed by atoms with E-state index in [1.54, 1.807) is 19.2 Å². The van der Waals surface area contributed by atoms with Crippen LogP contribution in [0.15, 0.2) is 65.6 Å². The number of sulfonamides is 1. The topological polar surface area (TPSA) is 58.6 Å². The predicted molar refractivity (Wildman–Crippen MR) is 116 cm³/mol. The molecule has 1 heterocycles. The minimum atomic E-state index is -3.52. The molecule has 6 heteroatoms. The van der Waals surface area contributed by atoms with Crippen molar-refractivity contribution in [2.45, 2.75) is 24.3 Å². The standard InChI is InChI=1S/C23H26N2O3S/c1-28-22-9-7-20-16-23(10-8-19(20)15-22)29(26,27)24-12-4-13-25-14-11-18-5-2-3-6-21(18)17-25/h2-3,5-10,15-16,24H,4,11-14,17H2,1H3. The zero-order valence-electron chi connectivity index (χ0n) is 16.6. The molecule has 0 bridgehead atoms. The van der Waals surface area contributed by atoms with E-state index in [1.165, 1.54) is 11.1 Å². The van der Waals surface area contributed by atoms with E-state index in [-0.39, 0.29) is 0 Å². The van der Waals surface area contributed by atoms with E-state index < -0.39 is 10.0 Å². The fraction of sp³-hybridized carbons (Fsp3) is 0.304. The number of nitrogens with one attached hydrogen (secondary N) is 1. The van der Waals surface area contributed by atoms with Gasteiger partial charge in [0.15, 0.2) is 0 Å². The number of benzene rings is 3. The summed E-state index contributed by atoms with van der Waals surface area (Å²) in [7, 11) is -1.90. The summed E-state index contributed by atoms with van der Waals surface area (Å²) in [6.45, 7) is 3.28. The largest absolute Gasteiger partial charge is 0.497 e. The van der Waals surface area contributed by atoms with Crippen molar-refractivity contribution in [3.8, 4) is 5.75 Å². The van der Waals surface area contributed by atoms with Gasteiger partial charge in [-0.2, -0.15) is 0 Å². The summed E-state index contributed by atoms with van der Waals surface area (Å²) < 4.78 is 33.3. The van der Waals surface area contributed by atoms with Crippen molar-refractivity contribution in [2.24, 2.45) is 0 Å². The van der Waals surface area contributed by atoms with Gasteiger partial charge < -0.3 is 4.74 Å². The first-order valence-corrected chi connectivity index (χ1v) is 11.4. The highest BCUT2D eigenvalue weighted by molar-refractivity contribution is 7.89. The highest BCUT2D eigenvalue weighted by Crippen LogP contribution is 2.23. The molecule has 0 radical (unpaired) electrons. The van der Waals surface area contributed by atoms with Crippen molar-refractivity contribution in [2.75, 3.05) is 26.7 Å². The molecule has 0 aliphatic carbocycles. The van der Waals surface area contributed by atoms with Gasteiger partial charge in [0, 0.05) is 19.6 Å². The zero-order valence-corrected chi connectivity index (χ0v) is 17.4. The van der Waals surface area contributed by atoms with Crippen LogP contribution in [0.5, 0.6) is 5.75 Å². The Hall–Kier alpha value is -2.41. The molecule has 0 unspecified atom stereocenters. The van der Waals surface area contributed by atoms with Crippen molar-refractivity contribution < 1.29 is 13.2 Å². The zero-order chi connectivity index (χ0) is 20.3. The van der Waals surface area contributed by atoms with E-state index in [1.807, 2.05) is 24.3 Å². The second kappa shape index (κ2) is 8.53. The van der Waals surface area contributed by atoms with Gasteiger partial charge in [0.1, 0.15) is 5.75 Å². The van der Waals surface area contributed by atoms with Crippen molar-refractivity contribution in [3.05, 3.63) is 71.8 Å². The highest BCUT2D eigenvalue weighted by Gasteiger charge is 2.17. The first-order valence-electron chi connectivity index (χ1n) is 9.92. The van der Waals surface area contributed by atoms with Crippen LogP contribution in [0.1, 0.15) is 17.5 Å². The van der Waals surface area contributed by atoms with Gasteiger partial charge in [-0.1, -0.05) is 36.4 Å². The normalized spacial score (nSPS) is 14.7. The van der Waals surface area contributed by atoms with E-state index in [0.717, 1.165) is 49.0 Å². The van der Waals surface area contributed by atoms with Crippen LogP contribution in [0.2, 0.25) is 0 Å². The molecular weight excluding hydrogens is 384 g/mol. The van der Waals surface area contributed by atoms with E-state index in [2.05, 4.69) is 33.9 Å². The molecule has 1 aliphatic heterocycles. The summed E-state index contributed by atoms with van der Waals surface area (Å²) >= 11 is 0. The predicted octanol–water partition coefficient (Wildman–Crippen LogP) is 3.58. The Morgan fingerprint density at radius 2 is 1.76 bits per heavy atom. The number of fused-ring (bicyclic) bond motifs is 2. The van der Waals surface area contributed by atoms with Gasteiger partial charge >= 0.3 is 0 Å². The lowest BCUT2D eigenvalue weighted by atomic mass is 10.00. The monoisotopic (exact) mass is 410 g/mol. The van der Waals surface area contributed by atoms with Crippen LogP contribution in [0, 0.1) is 0 Å². The third-order valence-corrected chi connectivity index (χ3v) is 6.94. The Balaban J connectivity index is 1.33. The number of methoxy groups -OCH3 is 1. The lowest BCUT2D eigenvalue weighted by molar-refractivity contribution is 0.251. The second-order valence-electron chi connectivity index (χ2n) is 7.42. The van der Waals surface area contributed by atoms with Gasteiger partial charge in [-0.25, -0.2) is 13.1 Å². The van der Waals surface area contributed by atoms with Gasteiger partial charge in [-0.15, -0.1) is 0 Å². The molecule has 152 valence electrons. The molecule has 0 fully saturated rings. The average molecular weight is 411 g/mol. The number of hydrogen-bond acceptors (Lipinski definition) is 4. The van der Waals surface area contributed by atoms with Crippen LogP contribution in [0.4, 0.5) is 0 Å². The molecule has 1 aliphatic rings. The van der Waals surface area contributed by atoms with Crippen molar-refractivity contribution in [1.82, 2.24) is 9.62 Å². The molecule has 3 aromatic carbocycles. The Morgan fingerprint density at radius 3 is 2.59 bits per heavy atom. The lowest BCUT2D eigenvalue weighted by Gasteiger charge is -2.28. The smallest absolute Gasteiger partial charge is 0.240 e. The Kier molecular flexibility index (Phi) is 5.85. The molecule has 5 nitrogen and oxygen atoms in total. The Bertz CT molecular complexity index is 1110.